The van der Waals surface area contributed by atoms with E-state index >= 15 is 0 Å². The van der Waals surface area contributed by atoms with E-state index in [2.05, 4.69) is 4.74 Å². The number of aliphatic hydroxyl groups is 1. The lowest BCUT2D eigenvalue weighted by atomic mass is 10.1. The minimum atomic E-state index is -0.478. The van der Waals surface area contributed by atoms with Crippen molar-refractivity contribution in [3.63, 3.8) is 0 Å². The molecule has 0 spiro atoms. The van der Waals surface area contributed by atoms with Gasteiger partial charge in [-0.15, -0.1) is 0 Å². The summed E-state index contributed by atoms with van der Waals surface area (Å²) in [7, 11) is 0. The molecule has 0 heterocycles. The normalized spacial score (nSPS) is 10.1. The molecule has 0 radical (unpaired) electrons. The largest absolute Gasteiger partial charge is 0.466 e. The maximum Gasteiger partial charge on any atom is 0.313 e. The van der Waals surface area contributed by atoms with Crippen LogP contribution in [0.15, 0.2) is 0 Å². The zero-order valence-corrected chi connectivity index (χ0v) is 12.6. The summed E-state index contributed by atoms with van der Waals surface area (Å²) in [6.45, 7) is 0.673. The van der Waals surface area contributed by atoms with Gasteiger partial charge in [0.05, 0.1) is 6.61 Å². The zero-order chi connectivity index (χ0) is 15.8. The first kappa shape index (κ1) is 19.6. The quantitative estimate of drug-likeness (QED) is 0.229. The highest BCUT2D eigenvalue weighted by Crippen LogP contribution is 2.09. The molecule has 0 saturated heterocycles. The Morgan fingerprint density at radius 1 is 0.810 bits per heavy atom. The molecule has 0 saturated carbocycles. The lowest BCUT2D eigenvalue weighted by Crippen LogP contribution is -2.06. The third kappa shape index (κ3) is 14.8. The molecule has 0 fully saturated rings. The van der Waals surface area contributed by atoms with Crippen LogP contribution in [-0.2, 0) is 23.9 Å². The van der Waals surface area contributed by atoms with Crippen LogP contribution in [0.1, 0.15) is 64.2 Å². The van der Waals surface area contributed by atoms with E-state index in [-0.39, 0.29) is 25.5 Å². The molecule has 0 bridgehead atoms. The van der Waals surface area contributed by atoms with Gasteiger partial charge in [-0.1, -0.05) is 25.7 Å². The first-order valence-electron chi connectivity index (χ1n) is 7.60. The first-order valence-corrected chi connectivity index (χ1v) is 7.60. The number of rotatable bonds is 14. The average Bonchev–Trinajstić information content (AvgIpc) is 2.46. The molecule has 6 heteroatoms. The van der Waals surface area contributed by atoms with Crippen LogP contribution in [0.4, 0.5) is 0 Å². The summed E-state index contributed by atoms with van der Waals surface area (Å²) < 4.78 is 9.18. The molecule has 0 aliphatic heterocycles. The Morgan fingerprint density at radius 3 is 1.95 bits per heavy atom. The van der Waals surface area contributed by atoms with Crippen LogP contribution in [0.3, 0.4) is 0 Å². The van der Waals surface area contributed by atoms with Gasteiger partial charge in [-0.3, -0.25) is 14.4 Å². The molecule has 0 amide bonds. The first-order chi connectivity index (χ1) is 10.2. The summed E-state index contributed by atoms with van der Waals surface area (Å²) in [5.74, 6) is -0.654. The second kappa shape index (κ2) is 15.0. The predicted molar refractivity (Wildman–Crippen MR) is 76.4 cm³/mol. The monoisotopic (exact) mass is 302 g/mol. The van der Waals surface area contributed by atoms with Gasteiger partial charge in [-0.05, 0) is 25.7 Å². The van der Waals surface area contributed by atoms with Gasteiger partial charge < -0.3 is 14.6 Å². The Kier molecular flexibility index (Phi) is 13.9. The number of ether oxygens (including phenoxy) is 2. The van der Waals surface area contributed by atoms with Gasteiger partial charge in [0, 0.05) is 19.4 Å². The Morgan fingerprint density at radius 2 is 1.38 bits per heavy atom. The SMILES string of the molecule is O=COC(=O)CCCCCCCCC(=O)OCCCCO. The number of hydrogen-bond acceptors (Lipinski definition) is 6. The Bertz CT molecular complexity index is 290. The number of esters is 2. The summed E-state index contributed by atoms with van der Waals surface area (Å²) in [4.78, 5) is 32.1. The van der Waals surface area contributed by atoms with Crippen molar-refractivity contribution in [2.45, 2.75) is 64.2 Å². The highest BCUT2D eigenvalue weighted by molar-refractivity contribution is 5.76. The number of carbonyl (C=O) groups excluding carboxylic acids is 3. The standard InChI is InChI=1S/C15H26O6/c16-11-7-8-12-20-14(18)9-5-3-1-2-4-6-10-15(19)21-13-17/h13,16H,1-12H2. The molecule has 0 atom stereocenters. The molecule has 21 heavy (non-hydrogen) atoms. The summed E-state index contributed by atoms with van der Waals surface area (Å²) in [6.07, 6.45) is 7.50. The highest BCUT2D eigenvalue weighted by atomic mass is 16.6. The molecule has 0 aliphatic rings. The summed E-state index contributed by atoms with van der Waals surface area (Å²) in [6, 6.07) is 0. The van der Waals surface area contributed by atoms with E-state index in [9.17, 15) is 14.4 Å². The van der Waals surface area contributed by atoms with Crippen molar-refractivity contribution >= 4 is 18.4 Å². The molecule has 1 N–H and O–H groups in total. The second-order valence-corrected chi connectivity index (χ2v) is 4.86. The van der Waals surface area contributed by atoms with Gasteiger partial charge in [0.25, 0.3) is 0 Å². The molecule has 0 unspecified atom stereocenters. The van der Waals surface area contributed by atoms with E-state index in [0.717, 1.165) is 38.5 Å². The number of unbranched alkanes of at least 4 members (excludes halogenated alkanes) is 6. The van der Waals surface area contributed by atoms with E-state index in [4.69, 9.17) is 9.84 Å². The van der Waals surface area contributed by atoms with Crippen LogP contribution in [-0.4, -0.2) is 36.7 Å². The van der Waals surface area contributed by atoms with Gasteiger partial charge in [0.1, 0.15) is 0 Å². The van der Waals surface area contributed by atoms with Crippen molar-refractivity contribution in [2.75, 3.05) is 13.2 Å². The molecule has 0 aromatic heterocycles. The molecule has 0 aromatic carbocycles. The van der Waals surface area contributed by atoms with Crippen molar-refractivity contribution in [3.8, 4) is 0 Å². The smallest absolute Gasteiger partial charge is 0.313 e. The predicted octanol–water partition coefficient (Wildman–Crippen LogP) is 2.12. The Hall–Kier alpha value is -1.43. The minimum absolute atomic E-state index is 0.129. The lowest BCUT2D eigenvalue weighted by Gasteiger charge is -2.04. The molecular formula is C15H26O6. The molecule has 0 aromatic rings. The molecule has 0 rings (SSSR count). The summed E-state index contributed by atoms with van der Waals surface area (Å²) >= 11 is 0. The van der Waals surface area contributed by atoms with E-state index < -0.39 is 5.97 Å². The van der Waals surface area contributed by atoms with Gasteiger partial charge in [-0.25, -0.2) is 0 Å². The lowest BCUT2D eigenvalue weighted by molar-refractivity contribution is -0.151. The molecule has 122 valence electrons. The topological polar surface area (TPSA) is 89.9 Å². The van der Waals surface area contributed by atoms with Gasteiger partial charge >= 0.3 is 18.4 Å². The van der Waals surface area contributed by atoms with E-state index in [1.807, 2.05) is 0 Å². The number of carbonyl (C=O) groups is 3. The van der Waals surface area contributed by atoms with Crippen molar-refractivity contribution in [2.24, 2.45) is 0 Å². The summed E-state index contributed by atoms with van der Waals surface area (Å²) in [5, 5.41) is 8.57. The highest BCUT2D eigenvalue weighted by Gasteiger charge is 2.03. The summed E-state index contributed by atoms with van der Waals surface area (Å²) in [5.41, 5.74) is 0. The van der Waals surface area contributed by atoms with E-state index in [1.165, 1.54) is 0 Å². The third-order valence-electron chi connectivity index (χ3n) is 3.01. The fraction of sp³-hybridized carbons (Fsp3) is 0.800. The van der Waals surface area contributed by atoms with Crippen molar-refractivity contribution in [1.82, 2.24) is 0 Å². The average molecular weight is 302 g/mol. The van der Waals surface area contributed by atoms with Crippen LogP contribution in [0.2, 0.25) is 0 Å². The minimum Gasteiger partial charge on any atom is -0.466 e. The number of hydrogen-bond donors (Lipinski definition) is 1. The maximum atomic E-state index is 11.3. The van der Waals surface area contributed by atoms with Gasteiger partial charge in [0.2, 0.25) is 0 Å². The van der Waals surface area contributed by atoms with E-state index in [0.29, 0.717) is 25.9 Å². The Balaban J connectivity index is 3.22. The molecule has 6 nitrogen and oxygen atoms in total. The van der Waals surface area contributed by atoms with E-state index in [1.54, 1.807) is 0 Å². The second-order valence-electron chi connectivity index (χ2n) is 4.86. The van der Waals surface area contributed by atoms with Crippen molar-refractivity contribution < 1.29 is 29.0 Å². The Labute approximate surface area is 125 Å². The van der Waals surface area contributed by atoms with Crippen LogP contribution in [0.25, 0.3) is 0 Å². The van der Waals surface area contributed by atoms with Gasteiger partial charge in [0.15, 0.2) is 0 Å². The van der Waals surface area contributed by atoms with Gasteiger partial charge in [-0.2, -0.15) is 0 Å². The zero-order valence-electron chi connectivity index (χ0n) is 12.6. The van der Waals surface area contributed by atoms with Crippen LogP contribution in [0.5, 0.6) is 0 Å². The maximum absolute atomic E-state index is 11.3. The number of aliphatic hydroxyl groups excluding tert-OH is 1. The van der Waals surface area contributed by atoms with Crippen molar-refractivity contribution in [3.05, 3.63) is 0 Å². The van der Waals surface area contributed by atoms with Crippen molar-refractivity contribution in [1.29, 1.82) is 0 Å². The molecular weight excluding hydrogens is 276 g/mol. The third-order valence-corrected chi connectivity index (χ3v) is 3.01. The van der Waals surface area contributed by atoms with Crippen LogP contribution in [0, 0.1) is 0 Å². The fourth-order valence-electron chi connectivity index (χ4n) is 1.83. The fourth-order valence-corrected chi connectivity index (χ4v) is 1.83. The molecule has 0 aliphatic carbocycles. The van der Waals surface area contributed by atoms with Crippen LogP contribution >= 0.6 is 0 Å². The van der Waals surface area contributed by atoms with Crippen LogP contribution < -0.4 is 0 Å².